The summed E-state index contributed by atoms with van der Waals surface area (Å²) in [7, 11) is 0. The predicted molar refractivity (Wildman–Crippen MR) is 116 cm³/mol. The fourth-order valence-corrected chi connectivity index (χ4v) is 5.60. The van der Waals surface area contributed by atoms with E-state index in [4.69, 9.17) is 4.98 Å². The van der Waals surface area contributed by atoms with Crippen molar-refractivity contribution in [2.24, 2.45) is 0 Å². The molecule has 1 fully saturated rings. The normalized spacial score (nSPS) is 20.6. The summed E-state index contributed by atoms with van der Waals surface area (Å²) >= 11 is 1.55. The van der Waals surface area contributed by atoms with Crippen molar-refractivity contribution in [3.8, 4) is 17.0 Å². The van der Waals surface area contributed by atoms with Crippen LogP contribution in [0.4, 0.5) is 13.2 Å². The third-order valence-electron chi connectivity index (χ3n) is 6.26. The second-order valence-electron chi connectivity index (χ2n) is 8.20. The van der Waals surface area contributed by atoms with Gasteiger partial charge in [0, 0.05) is 35.0 Å². The smallest absolute Gasteiger partial charge is 0.387 e. The van der Waals surface area contributed by atoms with E-state index < -0.39 is 6.61 Å². The van der Waals surface area contributed by atoms with E-state index in [0.717, 1.165) is 41.1 Å². The van der Waals surface area contributed by atoms with Crippen molar-refractivity contribution in [2.45, 2.75) is 44.3 Å². The molecule has 0 radical (unpaired) electrons. The number of aryl methyl sites for hydroxylation is 1. The quantitative estimate of drug-likeness (QED) is 0.490. The van der Waals surface area contributed by atoms with Gasteiger partial charge in [-0.15, -0.1) is 11.3 Å². The van der Waals surface area contributed by atoms with Gasteiger partial charge in [0.25, 0.3) is 5.91 Å². The molecule has 32 heavy (non-hydrogen) atoms. The number of carbonyl (C=O) groups is 1. The molecule has 0 bridgehead atoms. The highest BCUT2D eigenvalue weighted by molar-refractivity contribution is 7.10. The maximum absolute atomic E-state index is 13.7. The highest BCUT2D eigenvalue weighted by atomic mass is 32.1. The zero-order valence-corrected chi connectivity index (χ0v) is 18.0. The van der Waals surface area contributed by atoms with Crippen molar-refractivity contribution in [1.82, 2.24) is 9.88 Å². The minimum absolute atomic E-state index is 0.0291. The number of amides is 1. The Labute approximate surface area is 187 Å². The molecular weight excluding hydrogens is 437 g/mol. The van der Waals surface area contributed by atoms with Crippen molar-refractivity contribution in [2.75, 3.05) is 6.54 Å². The first-order valence-corrected chi connectivity index (χ1v) is 11.5. The minimum Gasteiger partial charge on any atom is -0.435 e. The average molecular weight is 459 g/mol. The minimum atomic E-state index is -2.85. The molecule has 0 aliphatic carbocycles. The van der Waals surface area contributed by atoms with Gasteiger partial charge in [0.1, 0.15) is 11.6 Å². The van der Waals surface area contributed by atoms with Crippen LogP contribution < -0.4 is 4.74 Å². The Morgan fingerprint density at radius 2 is 1.91 bits per heavy atom. The molecule has 0 saturated carbocycles. The van der Waals surface area contributed by atoms with Crippen molar-refractivity contribution in [1.29, 1.82) is 0 Å². The number of benzene rings is 2. The number of piperidine rings is 1. The van der Waals surface area contributed by atoms with Gasteiger partial charge in [-0.3, -0.25) is 4.79 Å². The highest BCUT2D eigenvalue weighted by Crippen LogP contribution is 2.37. The van der Waals surface area contributed by atoms with Gasteiger partial charge >= 0.3 is 6.61 Å². The number of nitrogens with zero attached hydrogens (tertiary/aromatic N) is 2. The third kappa shape index (κ3) is 4.11. The average Bonchev–Trinajstić information content (AvgIpc) is 3.23. The maximum atomic E-state index is 13.7. The molecule has 4 nitrogen and oxygen atoms in total. The number of fused-ring (bicyclic) bond motifs is 2. The molecule has 5 rings (SSSR count). The molecule has 1 saturated heterocycles. The lowest BCUT2D eigenvalue weighted by Crippen LogP contribution is -2.45. The Hall–Kier alpha value is -2.87. The number of alkyl halides is 2. The number of aromatic nitrogens is 1. The van der Waals surface area contributed by atoms with E-state index in [9.17, 15) is 18.0 Å². The first-order valence-electron chi connectivity index (χ1n) is 10.6. The Balaban J connectivity index is 1.33. The van der Waals surface area contributed by atoms with E-state index >= 15 is 0 Å². The molecule has 1 aromatic heterocycles. The van der Waals surface area contributed by atoms with Crippen LogP contribution in [0, 0.1) is 5.82 Å². The predicted octanol–water partition coefficient (Wildman–Crippen LogP) is 5.89. The highest BCUT2D eigenvalue weighted by Gasteiger charge is 2.36. The second-order valence-corrected chi connectivity index (χ2v) is 9.09. The molecule has 8 heteroatoms. The molecule has 0 N–H and O–H groups in total. The summed E-state index contributed by atoms with van der Waals surface area (Å²) in [4.78, 5) is 19.9. The van der Waals surface area contributed by atoms with Crippen LogP contribution in [0.15, 0.2) is 47.8 Å². The topological polar surface area (TPSA) is 42.4 Å². The van der Waals surface area contributed by atoms with Crippen molar-refractivity contribution < 1.29 is 22.7 Å². The summed E-state index contributed by atoms with van der Waals surface area (Å²) in [5, 5.41) is 2.91. The van der Waals surface area contributed by atoms with Crippen LogP contribution in [-0.4, -0.2) is 35.0 Å². The SMILES string of the molecule is O=C1c2ccc(F)cc2CCC2CCC(c3nc(-c4ccc(OC(F)F)cc4)cs3)CN12. The first-order chi connectivity index (χ1) is 15.5. The third-order valence-corrected chi connectivity index (χ3v) is 7.27. The summed E-state index contributed by atoms with van der Waals surface area (Å²) < 4.78 is 42.7. The van der Waals surface area contributed by atoms with Crippen LogP contribution >= 0.6 is 11.3 Å². The molecule has 2 aliphatic rings. The van der Waals surface area contributed by atoms with Gasteiger partial charge in [0.2, 0.25) is 0 Å². The molecule has 1 amide bonds. The van der Waals surface area contributed by atoms with Crippen LogP contribution in [0.3, 0.4) is 0 Å². The largest absolute Gasteiger partial charge is 0.435 e. The van der Waals surface area contributed by atoms with Gasteiger partial charge in [0.05, 0.1) is 10.7 Å². The van der Waals surface area contributed by atoms with E-state index in [0.29, 0.717) is 18.5 Å². The van der Waals surface area contributed by atoms with Crippen LogP contribution in [0.5, 0.6) is 5.75 Å². The number of thiazole rings is 1. The Bertz CT molecular complexity index is 1130. The van der Waals surface area contributed by atoms with Gasteiger partial charge in [0.15, 0.2) is 0 Å². The Kier molecular flexibility index (Phi) is 5.63. The van der Waals surface area contributed by atoms with E-state index in [-0.39, 0.29) is 29.4 Å². The number of hydrogen-bond donors (Lipinski definition) is 0. The number of carbonyl (C=O) groups excluding carboxylic acids is 1. The van der Waals surface area contributed by atoms with Crippen LogP contribution in [-0.2, 0) is 6.42 Å². The van der Waals surface area contributed by atoms with Crippen LogP contribution in [0.1, 0.15) is 46.1 Å². The van der Waals surface area contributed by atoms with Gasteiger partial charge in [-0.05, 0) is 73.7 Å². The van der Waals surface area contributed by atoms with Crippen molar-refractivity contribution >= 4 is 17.2 Å². The molecule has 2 aliphatic heterocycles. The summed E-state index contributed by atoms with van der Waals surface area (Å²) in [6.07, 6.45) is 3.37. The first kappa shape index (κ1) is 21.0. The van der Waals surface area contributed by atoms with Gasteiger partial charge < -0.3 is 9.64 Å². The molecule has 2 aromatic carbocycles. The van der Waals surface area contributed by atoms with E-state index in [1.54, 1.807) is 29.5 Å². The summed E-state index contributed by atoms with van der Waals surface area (Å²) in [6.45, 7) is -2.26. The standard InChI is InChI=1S/C24H21F3N2O2S/c25-17-5-10-20-15(11-17)1-6-18-7-2-16(12-29(18)23(20)30)22-28-21(13-32-22)14-3-8-19(9-4-14)31-24(26)27/h3-5,8-11,13,16,18,24H,1-2,6-7,12H2. The number of hydrogen-bond acceptors (Lipinski definition) is 4. The molecule has 2 atom stereocenters. The second kappa shape index (κ2) is 8.58. The Morgan fingerprint density at radius 3 is 2.69 bits per heavy atom. The lowest BCUT2D eigenvalue weighted by atomic mass is 9.91. The molecule has 0 spiro atoms. The van der Waals surface area contributed by atoms with E-state index in [1.807, 2.05) is 10.3 Å². The Morgan fingerprint density at radius 1 is 1.09 bits per heavy atom. The molecule has 2 unspecified atom stereocenters. The van der Waals surface area contributed by atoms with Crippen LogP contribution in [0.2, 0.25) is 0 Å². The van der Waals surface area contributed by atoms with E-state index in [2.05, 4.69) is 4.74 Å². The zero-order chi connectivity index (χ0) is 22.2. The van der Waals surface area contributed by atoms with Crippen molar-refractivity contribution in [3.63, 3.8) is 0 Å². The van der Waals surface area contributed by atoms with Gasteiger partial charge in [-0.25, -0.2) is 9.37 Å². The lowest BCUT2D eigenvalue weighted by Gasteiger charge is -2.38. The number of rotatable bonds is 4. The van der Waals surface area contributed by atoms with E-state index in [1.165, 1.54) is 24.3 Å². The van der Waals surface area contributed by atoms with Gasteiger partial charge in [-0.2, -0.15) is 8.78 Å². The monoisotopic (exact) mass is 458 g/mol. The van der Waals surface area contributed by atoms with Crippen LogP contribution in [0.25, 0.3) is 11.3 Å². The summed E-state index contributed by atoms with van der Waals surface area (Å²) in [5.41, 5.74) is 2.99. The summed E-state index contributed by atoms with van der Waals surface area (Å²) in [5.74, 6) is -0.0910. The fourth-order valence-electron chi connectivity index (χ4n) is 4.65. The summed E-state index contributed by atoms with van der Waals surface area (Å²) in [6, 6.07) is 11.0. The molecule has 3 heterocycles. The molecule has 3 aromatic rings. The molecular formula is C24H21F3N2O2S. The van der Waals surface area contributed by atoms with Crippen molar-refractivity contribution in [3.05, 3.63) is 69.8 Å². The maximum Gasteiger partial charge on any atom is 0.387 e. The number of ether oxygens (including phenoxy) is 1. The van der Waals surface area contributed by atoms with Gasteiger partial charge in [-0.1, -0.05) is 0 Å². The fraction of sp³-hybridized carbons (Fsp3) is 0.333. The lowest BCUT2D eigenvalue weighted by molar-refractivity contribution is -0.0498. The molecule has 166 valence electrons. The zero-order valence-electron chi connectivity index (χ0n) is 17.1. The number of halogens is 3.